The number of carbonyl (C=O) groups excluding carboxylic acids is 2. The monoisotopic (exact) mass is 441 g/mol. The number of hydrogen-bond acceptors (Lipinski definition) is 5. The fourth-order valence-corrected chi connectivity index (χ4v) is 4.91. The van der Waals surface area contributed by atoms with E-state index in [1.54, 1.807) is 4.90 Å². The van der Waals surface area contributed by atoms with Gasteiger partial charge in [-0.15, -0.1) is 0 Å². The van der Waals surface area contributed by atoms with Gasteiger partial charge in [0.1, 0.15) is 17.9 Å². The maximum absolute atomic E-state index is 12.9. The molecule has 2 aliphatic heterocycles. The van der Waals surface area contributed by atoms with Gasteiger partial charge >= 0.3 is 0 Å². The van der Waals surface area contributed by atoms with Crippen LogP contribution in [-0.4, -0.2) is 52.2 Å². The zero-order valence-electron chi connectivity index (χ0n) is 19.2. The molecule has 2 heterocycles. The molecule has 0 radical (unpaired) electrons. The molecule has 1 aromatic carbocycles. The Morgan fingerprint density at radius 1 is 1.25 bits per heavy atom. The molecule has 1 saturated carbocycles. The Kier molecular flexibility index (Phi) is 6.58. The lowest BCUT2D eigenvalue weighted by Gasteiger charge is -2.33. The summed E-state index contributed by atoms with van der Waals surface area (Å²) in [6.45, 7) is 8.64. The summed E-state index contributed by atoms with van der Waals surface area (Å²) in [6.07, 6.45) is 6.38. The van der Waals surface area contributed by atoms with Gasteiger partial charge in [-0.3, -0.25) is 9.59 Å². The lowest BCUT2D eigenvalue weighted by molar-refractivity contribution is -0.126. The molecular formula is C25H35N3O4. The van der Waals surface area contributed by atoms with Crippen LogP contribution in [0.4, 0.5) is 0 Å². The fourth-order valence-electron chi connectivity index (χ4n) is 4.91. The number of ether oxygens (including phenoxy) is 1. The Hall–Kier alpha value is -2.38. The van der Waals surface area contributed by atoms with E-state index in [0.717, 1.165) is 37.1 Å². The Morgan fingerprint density at radius 3 is 2.78 bits per heavy atom. The number of benzene rings is 1. The summed E-state index contributed by atoms with van der Waals surface area (Å²) in [4.78, 5) is 27.0. The molecule has 7 nitrogen and oxygen atoms in total. The Balaban J connectivity index is 1.41. The second-order valence-electron chi connectivity index (χ2n) is 9.96. The molecular weight excluding hydrogens is 406 g/mol. The van der Waals surface area contributed by atoms with Crippen molar-refractivity contribution in [3.8, 4) is 5.75 Å². The second-order valence-corrected chi connectivity index (χ2v) is 9.96. The highest BCUT2D eigenvalue weighted by Crippen LogP contribution is 2.32. The number of hydrogen-bond donors (Lipinski definition) is 3. The van der Waals surface area contributed by atoms with Gasteiger partial charge in [-0.05, 0) is 82.7 Å². The molecule has 1 aliphatic carbocycles. The number of fused-ring (bicyclic) bond motifs is 1. The molecule has 3 atom stereocenters. The topological polar surface area (TPSA) is 90.9 Å². The molecule has 0 spiro atoms. The van der Waals surface area contributed by atoms with Crippen molar-refractivity contribution in [3.05, 3.63) is 41.6 Å². The van der Waals surface area contributed by atoms with Gasteiger partial charge in [0.2, 0.25) is 5.91 Å². The van der Waals surface area contributed by atoms with Crippen molar-refractivity contribution in [1.82, 2.24) is 15.5 Å². The quantitative estimate of drug-likeness (QED) is 0.605. The van der Waals surface area contributed by atoms with E-state index in [1.165, 1.54) is 6.42 Å². The van der Waals surface area contributed by atoms with Crippen molar-refractivity contribution in [2.75, 3.05) is 6.54 Å². The number of rotatable bonds is 7. The molecule has 2 fully saturated rings. The zero-order valence-corrected chi connectivity index (χ0v) is 19.2. The summed E-state index contributed by atoms with van der Waals surface area (Å²) in [5.74, 6) is 0.519. The SMILES string of the molecule is C=C1CCC(N2Cc3cc(O[C@H]4CCCC[C@H]4NCCC(C)(C)O)ccc3C2=O)C(=O)N1. The van der Waals surface area contributed by atoms with Crippen molar-refractivity contribution in [3.63, 3.8) is 0 Å². The Bertz CT molecular complexity index is 892. The third kappa shape index (κ3) is 5.15. The molecule has 32 heavy (non-hydrogen) atoms. The minimum atomic E-state index is -0.682. The normalized spacial score (nSPS) is 26.2. The van der Waals surface area contributed by atoms with E-state index >= 15 is 0 Å². The van der Waals surface area contributed by atoms with E-state index in [2.05, 4.69) is 17.2 Å². The van der Waals surface area contributed by atoms with Crippen molar-refractivity contribution in [1.29, 1.82) is 0 Å². The van der Waals surface area contributed by atoms with Crippen LogP contribution in [0.15, 0.2) is 30.5 Å². The first-order valence-electron chi connectivity index (χ1n) is 11.8. The van der Waals surface area contributed by atoms with Gasteiger partial charge in [0.15, 0.2) is 0 Å². The standard InChI is InChI=1S/C25H35N3O4/c1-16-8-11-21(23(29)27-16)28-15-17-14-18(9-10-19(17)24(28)30)32-22-7-5-4-6-20(22)26-13-12-25(2,3)31/h9-10,14,20-22,26,31H,1,4-8,11-13,15H2,2-3H3,(H,27,29)/t20-,21?,22+/m1/s1. The summed E-state index contributed by atoms with van der Waals surface area (Å²) >= 11 is 0. The Morgan fingerprint density at radius 2 is 2.03 bits per heavy atom. The Labute approximate surface area is 190 Å². The molecule has 7 heteroatoms. The van der Waals surface area contributed by atoms with Crippen LogP contribution < -0.4 is 15.4 Å². The first-order chi connectivity index (χ1) is 15.2. The van der Waals surface area contributed by atoms with Crippen LogP contribution in [0.25, 0.3) is 0 Å². The van der Waals surface area contributed by atoms with Gasteiger partial charge < -0.3 is 25.4 Å². The molecule has 1 unspecified atom stereocenters. The van der Waals surface area contributed by atoms with Crippen LogP contribution in [0, 0.1) is 0 Å². The van der Waals surface area contributed by atoms with Crippen LogP contribution in [0.2, 0.25) is 0 Å². The minimum Gasteiger partial charge on any atom is -0.489 e. The van der Waals surface area contributed by atoms with Crippen LogP contribution in [0.3, 0.4) is 0 Å². The van der Waals surface area contributed by atoms with E-state index in [0.29, 0.717) is 37.1 Å². The number of amides is 2. The maximum atomic E-state index is 12.9. The summed E-state index contributed by atoms with van der Waals surface area (Å²) < 4.78 is 6.38. The van der Waals surface area contributed by atoms with E-state index < -0.39 is 11.6 Å². The van der Waals surface area contributed by atoms with E-state index in [-0.39, 0.29) is 24.0 Å². The summed E-state index contributed by atoms with van der Waals surface area (Å²) in [6, 6.07) is 5.44. The molecule has 174 valence electrons. The lowest BCUT2D eigenvalue weighted by Crippen LogP contribution is -2.49. The highest BCUT2D eigenvalue weighted by atomic mass is 16.5. The number of carbonyl (C=O) groups is 2. The largest absolute Gasteiger partial charge is 0.489 e. The molecule has 0 aromatic heterocycles. The fraction of sp³-hybridized carbons (Fsp3) is 0.600. The van der Waals surface area contributed by atoms with Gasteiger partial charge in [-0.1, -0.05) is 13.0 Å². The van der Waals surface area contributed by atoms with Crippen LogP contribution in [-0.2, 0) is 11.3 Å². The number of allylic oxidation sites excluding steroid dienone is 1. The summed E-state index contributed by atoms with van der Waals surface area (Å²) in [7, 11) is 0. The van der Waals surface area contributed by atoms with Gasteiger partial charge in [-0.2, -0.15) is 0 Å². The average molecular weight is 442 g/mol. The molecule has 1 aromatic rings. The predicted molar refractivity (Wildman–Crippen MR) is 122 cm³/mol. The highest BCUT2D eigenvalue weighted by molar-refractivity contribution is 6.01. The molecule has 2 amide bonds. The zero-order chi connectivity index (χ0) is 22.9. The smallest absolute Gasteiger partial charge is 0.255 e. The van der Waals surface area contributed by atoms with E-state index in [1.807, 2.05) is 32.0 Å². The number of nitrogens with zero attached hydrogens (tertiary/aromatic N) is 1. The highest BCUT2D eigenvalue weighted by Gasteiger charge is 2.38. The maximum Gasteiger partial charge on any atom is 0.255 e. The molecule has 0 bridgehead atoms. The lowest BCUT2D eigenvalue weighted by atomic mass is 9.92. The second kappa shape index (κ2) is 9.24. The van der Waals surface area contributed by atoms with Crippen molar-refractivity contribution < 1.29 is 19.4 Å². The number of aliphatic hydroxyl groups is 1. The van der Waals surface area contributed by atoms with Gasteiger partial charge in [0.05, 0.1) is 5.60 Å². The average Bonchev–Trinajstić information content (AvgIpc) is 3.04. The molecule has 3 N–H and O–H groups in total. The first-order valence-corrected chi connectivity index (χ1v) is 11.8. The third-order valence-corrected chi connectivity index (χ3v) is 6.74. The minimum absolute atomic E-state index is 0.0620. The van der Waals surface area contributed by atoms with Crippen molar-refractivity contribution >= 4 is 11.8 Å². The molecule has 3 aliphatic rings. The predicted octanol–water partition coefficient (Wildman–Crippen LogP) is 2.88. The van der Waals surface area contributed by atoms with Crippen LogP contribution in [0.5, 0.6) is 5.75 Å². The summed E-state index contributed by atoms with van der Waals surface area (Å²) in [5.41, 5.74) is 1.59. The third-order valence-electron chi connectivity index (χ3n) is 6.74. The van der Waals surface area contributed by atoms with E-state index in [4.69, 9.17) is 4.74 Å². The number of nitrogens with one attached hydrogen (secondary N) is 2. The molecule has 1 saturated heterocycles. The summed E-state index contributed by atoms with van der Waals surface area (Å²) in [5, 5.41) is 16.3. The first kappa shape index (κ1) is 22.8. The van der Waals surface area contributed by atoms with Crippen LogP contribution >= 0.6 is 0 Å². The van der Waals surface area contributed by atoms with Crippen LogP contribution in [0.1, 0.15) is 74.7 Å². The van der Waals surface area contributed by atoms with E-state index in [9.17, 15) is 14.7 Å². The van der Waals surface area contributed by atoms with Gasteiger partial charge in [-0.25, -0.2) is 0 Å². The molecule has 4 rings (SSSR count). The number of piperidine rings is 1. The van der Waals surface area contributed by atoms with Gasteiger partial charge in [0.25, 0.3) is 5.91 Å². The van der Waals surface area contributed by atoms with Crippen molar-refractivity contribution in [2.24, 2.45) is 0 Å². The van der Waals surface area contributed by atoms with Crippen molar-refractivity contribution in [2.45, 2.75) is 89.1 Å². The van der Waals surface area contributed by atoms with Gasteiger partial charge in [0, 0.05) is 23.8 Å².